The first kappa shape index (κ1) is 19.4. The van der Waals surface area contributed by atoms with E-state index in [0.717, 1.165) is 5.56 Å². The fourth-order valence-electron chi connectivity index (χ4n) is 3.53. The molecule has 0 unspecified atom stereocenters. The molecule has 1 fully saturated rings. The van der Waals surface area contributed by atoms with Gasteiger partial charge in [0.1, 0.15) is 11.3 Å². The third kappa shape index (κ3) is 3.82. The van der Waals surface area contributed by atoms with Crippen LogP contribution in [0, 0.1) is 17.2 Å². The lowest BCUT2D eigenvalue weighted by atomic mass is 9.69. The molecule has 3 N–H and O–H groups in total. The van der Waals surface area contributed by atoms with Gasteiger partial charge in [-0.2, -0.15) is 10.4 Å². The fraction of sp³-hybridized carbons (Fsp3) is 0.316. The number of nitrogens with two attached hydrogens (primary N) is 1. The molecule has 2 aliphatic rings. The highest BCUT2D eigenvalue weighted by Crippen LogP contribution is 2.36. The summed E-state index contributed by atoms with van der Waals surface area (Å²) >= 11 is 6.35. The van der Waals surface area contributed by atoms with Gasteiger partial charge in [0, 0.05) is 29.1 Å². The van der Waals surface area contributed by atoms with E-state index < -0.39 is 5.91 Å². The highest BCUT2D eigenvalue weighted by atomic mass is 35.5. The number of carbonyl (C=O) groups excluding carboxylic acids is 1. The van der Waals surface area contributed by atoms with Crippen LogP contribution < -0.4 is 15.7 Å². The van der Waals surface area contributed by atoms with Gasteiger partial charge in [0.15, 0.2) is 5.82 Å². The number of nitrogens with zero attached hydrogens (tertiary/aromatic N) is 3. The number of fused-ring (bicyclic) bond motifs is 1. The SMILES string of the molecule is CB1C=C(Cl)c2cc(Nc3nn([C@@H]4COCC[C@H]4C#N)cc3C(N)=O)ccc2O1. The van der Waals surface area contributed by atoms with E-state index in [-0.39, 0.29) is 24.4 Å². The van der Waals surface area contributed by atoms with Gasteiger partial charge >= 0.3 is 6.92 Å². The van der Waals surface area contributed by atoms with Crippen molar-refractivity contribution in [3.63, 3.8) is 0 Å². The van der Waals surface area contributed by atoms with Gasteiger partial charge in [0.2, 0.25) is 0 Å². The number of anilines is 2. The summed E-state index contributed by atoms with van der Waals surface area (Å²) < 4.78 is 12.8. The van der Waals surface area contributed by atoms with Crippen molar-refractivity contribution in [1.82, 2.24) is 9.78 Å². The molecule has 2 aliphatic heterocycles. The van der Waals surface area contributed by atoms with Crippen molar-refractivity contribution in [1.29, 1.82) is 5.26 Å². The zero-order valence-electron chi connectivity index (χ0n) is 15.8. The van der Waals surface area contributed by atoms with Gasteiger partial charge in [-0.25, -0.2) is 0 Å². The van der Waals surface area contributed by atoms with Crippen LogP contribution in [0.25, 0.3) is 5.03 Å². The van der Waals surface area contributed by atoms with Gasteiger partial charge in [0.05, 0.1) is 24.6 Å². The second kappa shape index (κ2) is 7.81. The van der Waals surface area contributed by atoms with Crippen LogP contribution in [0.2, 0.25) is 6.82 Å². The monoisotopic (exact) mass is 411 g/mol. The average Bonchev–Trinajstić information content (AvgIpc) is 3.12. The van der Waals surface area contributed by atoms with Crippen molar-refractivity contribution < 1.29 is 14.2 Å². The highest BCUT2D eigenvalue weighted by Gasteiger charge is 2.30. The third-order valence-electron chi connectivity index (χ3n) is 5.02. The first-order valence-corrected chi connectivity index (χ1v) is 9.66. The Bertz CT molecular complexity index is 1030. The van der Waals surface area contributed by atoms with Crippen LogP contribution in [0.1, 0.15) is 28.4 Å². The number of hydrogen-bond acceptors (Lipinski definition) is 6. The topological polar surface area (TPSA) is 115 Å². The number of halogens is 1. The molecule has 10 heteroatoms. The molecule has 1 aromatic carbocycles. The van der Waals surface area contributed by atoms with Crippen LogP contribution in [0.4, 0.5) is 11.5 Å². The van der Waals surface area contributed by atoms with Gasteiger partial charge in [-0.3, -0.25) is 9.48 Å². The van der Waals surface area contributed by atoms with E-state index in [1.54, 1.807) is 10.9 Å². The van der Waals surface area contributed by atoms with E-state index in [1.807, 2.05) is 31.0 Å². The minimum absolute atomic E-state index is 0.100. The van der Waals surface area contributed by atoms with E-state index in [1.165, 1.54) is 0 Å². The lowest BCUT2D eigenvalue weighted by Gasteiger charge is -2.26. The van der Waals surface area contributed by atoms with Crippen LogP contribution in [0.15, 0.2) is 30.4 Å². The van der Waals surface area contributed by atoms with Crippen LogP contribution in [-0.2, 0) is 4.74 Å². The molecular formula is C19H19BClN5O3. The maximum absolute atomic E-state index is 12.0. The van der Waals surface area contributed by atoms with E-state index in [9.17, 15) is 10.1 Å². The predicted molar refractivity (Wildman–Crippen MR) is 110 cm³/mol. The number of ether oxygens (including phenoxy) is 1. The molecule has 0 spiro atoms. The molecule has 0 aliphatic carbocycles. The van der Waals surface area contributed by atoms with Crippen LogP contribution >= 0.6 is 11.6 Å². The summed E-state index contributed by atoms with van der Waals surface area (Å²) in [5.41, 5.74) is 7.21. The van der Waals surface area contributed by atoms with E-state index in [0.29, 0.717) is 41.9 Å². The first-order chi connectivity index (χ1) is 14.0. The molecule has 1 saturated heterocycles. The van der Waals surface area contributed by atoms with Gasteiger partial charge < -0.3 is 20.4 Å². The number of amides is 1. The average molecular weight is 412 g/mol. The van der Waals surface area contributed by atoms with Gasteiger partial charge in [-0.15, -0.1) is 0 Å². The number of rotatable bonds is 4. The van der Waals surface area contributed by atoms with Gasteiger partial charge in [0.25, 0.3) is 5.91 Å². The number of hydrogen-bond donors (Lipinski definition) is 2. The zero-order valence-corrected chi connectivity index (χ0v) is 16.5. The maximum atomic E-state index is 12.0. The van der Waals surface area contributed by atoms with Crippen LogP contribution in [0.5, 0.6) is 5.75 Å². The molecule has 1 amide bonds. The zero-order chi connectivity index (χ0) is 20.5. The summed E-state index contributed by atoms with van der Waals surface area (Å²) in [7, 11) is 0. The fourth-order valence-corrected chi connectivity index (χ4v) is 3.86. The van der Waals surface area contributed by atoms with Gasteiger partial charge in [-0.05, 0) is 31.4 Å². The minimum atomic E-state index is -0.614. The highest BCUT2D eigenvalue weighted by molar-refractivity contribution is 6.65. The summed E-state index contributed by atoms with van der Waals surface area (Å²) in [5.74, 6) is 1.96. The van der Waals surface area contributed by atoms with E-state index in [4.69, 9.17) is 26.7 Å². The van der Waals surface area contributed by atoms with E-state index in [2.05, 4.69) is 16.5 Å². The normalized spacial score (nSPS) is 20.9. The third-order valence-corrected chi connectivity index (χ3v) is 5.35. The Labute approximate surface area is 173 Å². The van der Waals surface area contributed by atoms with Crippen molar-refractivity contribution in [2.45, 2.75) is 19.3 Å². The van der Waals surface area contributed by atoms with Crippen molar-refractivity contribution in [2.24, 2.45) is 11.7 Å². The Morgan fingerprint density at radius 3 is 3.10 bits per heavy atom. The standard InChI is InChI=1S/C19H19BClN5O3/c1-20-7-15(21)13-6-12(2-3-17(13)29-20)24-19-14(18(23)27)9-26(25-19)16-10-28-5-4-11(16)8-22/h2-3,6-7,9,11,16H,4-5,10H2,1H3,(H2,23,27)(H,24,25)/t11-,16+/m0/s1. The Kier molecular flexibility index (Phi) is 5.22. The minimum Gasteiger partial charge on any atom is -0.556 e. The van der Waals surface area contributed by atoms with Crippen molar-refractivity contribution >= 4 is 41.0 Å². The quantitative estimate of drug-likeness (QED) is 0.747. The van der Waals surface area contributed by atoms with E-state index >= 15 is 0 Å². The molecule has 2 atom stereocenters. The molecule has 29 heavy (non-hydrogen) atoms. The van der Waals surface area contributed by atoms with Crippen molar-refractivity contribution in [2.75, 3.05) is 18.5 Å². The molecule has 148 valence electrons. The molecule has 0 saturated carbocycles. The Morgan fingerprint density at radius 2 is 2.34 bits per heavy atom. The number of primary amides is 1. The number of nitriles is 1. The Hall–Kier alpha value is -2.96. The number of carbonyl (C=O) groups is 1. The van der Waals surface area contributed by atoms with Crippen LogP contribution in [-0.4, -0.2) is 35.8 Å². The molecule has 1 aromatic heterocycles. The molecular weight excluding hydrogens is 393 g/mol. The predicted octanol–water partition coefficient (Wildman–Crippen LogP) is 2.96. The maximum Gasteiger partial charge on any atom is 0.382 e. The van der Waals surface area contributed by atoms with Gasteiger partial charge in [-0.1, -0.05) is 17.6 Å². The lowest BCUT2D eigenvalue weighted by molar-refractivity contribution is 0.0342. The molecule has 2 aromatic rings. The number of benzene rings is 1. The molecule has 4 rings (SSSR count). The largest absolute Gasteiger partial charge is 0.556 e. The second-order valence-electron chi connectivity index (χ2n) is 7.08. The summed E-state index contributed by atoms with van der Waals surface area (Å²) in [5, 5.41) is 17.6. The summed E-state index contributed by atoms with van der Waals surface area (Å²) in [4.78, 5) is 12.0. The Balaban J connectivity index is 1.65. The summed E-state index contributed by atoms with van der Waals surface area (Å²) in [6.45, 7) is 2.70. The molecule has 3 heterocycles. The molecule has 0 radical (unpaired) electrons. The number of aromatic nitrogens is 2. The second-order valence-corrected chi connectivity index (χ2v) is 7.48. The Morgan fingerprint density at radius 1 is 1.52 bits per heavy atom. The first-order valence-electron chi connectivity index (χ1n) is 9.28. The van der Waals surface area contributed by atoms with Crippen LogP contribution in [0.3, 0.4) is 0 Å². The van der Waals surface area contributed by atoms with Crippen molar-refractivity contribution in [3.05, 3.63) is 41.5 Å². The molecule has 8 nitrogen and oxygen atoms in total. The summed E-state index contributed by atoms with van der Waals surface area (Å²) in [6.07, 6.45) is 2.17. The summed E-state index contributed by atoms with van der Waals surface area (Å²) in [6, 6.07) is 7.46. The molecule has 0 bridgehead atoms. The van der Waals surface area contributed by atoms with Crippen molar-refractivity contribution in [3.8, 4) is 11.8 Å². The smallest absolute Gasteiger partial charge is 0.382 e. The number of nitrogens with one attached hydrogen (secondary N) is 1. The lowest BCUT2D eigenvalue weighted by Crippen LogP contribution is -2.29.